The summed E-state index contributed by atoms with van der Waals surface area (Å²) in [6, 6.07) is 1.74. The Balaban J connectivity index is 2.18. The van der Waals surface area contributed by atoms with Crippen LogP contribution in [0.15, 0.2) is 16.7 Å². The van der Waals surface area contributed by atoms with Gasteiger partial charge in [0.1, 0.15) is 0 Å². The number of amides is 1. The van der Waals surface area contributed by atoms with Crippen LogP contribution in [0.25, 0.3) is 0 Å². The summed E-state index contributed by atoms with van der Waals surface area (Å²) in [5.74, 6) is 5.76. The van der Waals surface area contributed by atoms with Gasteiger partial charge in [-0.15, -0.1) is 0 Å². The van der Waals surface area contributed by atoms with E-state index in [0.29, 0.717) is 17.9 Å². The zero-order chi connectivity index (χ0) is 15.6. The number of hydrogen-bond acceptors (Lipinski definition) is 5. The number of halogens is 1. The van der Waals surface area contributed by atoms with Gasteiger partial charge in [0.05, 0.1) is 5.56 Å². The standard InChI is InChI=1S/C14H22BrN5O/c1-19(2)14(5-4-6-14)9-20(3)13(21)11-7-10(15)8-17-12(11)18-16/h7-8H,4-6,9,16H2,1-3H3,(H,17,18). The second-order valence-corrected chi connectivity index (χ2v) is 6.74. The van der Waals surface area contributed by atoms with E-state index in [-0.39, 0.29) is 11.4 Å². The van der Waals surface area contributed by atoms with E-state index in [1.807, 2.05) is 7.05 Å². The van der Waals surface area contributed by atoms with Gasteiger partial charge in [-0.3, -0.25) is 4.79 Å². The zero-order valence-corrected chi connectivity index (χ0v) is 14.3. The topological polar surface area (TPSA) is 74.5 Å². The highest BCUT2D eigenvalue weighted by Crippen LogP contribution is 2.37. The van der Waals surface area contributed by atoms with Gasteiger partial charge in [0.25, 0.3) is 5.91 Å². The van der Waals surface area contributed by atoms with Gasteiger partial charge in [-0.05, 0) is 55.4 Å². The summed E-state index contributed by atoms with van der Waals surface area (Å²) in [7, 11) is 5.98. The zero-order valence-electron chi connectivity index (χ0n) is 12.7. The summed E-state index contributed by atoms with van der Waals surface area (Å²) >= 11 is 3.34. The van der Waals surface area contributed by atoms with Crippen LogP contribution in [-0.2, 0) is 0 Å². The molecule has 1 fully saturated rings. The SMILES string of the molecule is CN(CC1(N(C)C)CCC1)C(=O)c1cc(Br)cnc1NN. The molecule has 0 radical (unpaired) electrons. The highest BCUT2D eigenvalue weighted by Gasteiger charge is 2.40. The van der Waals surface area contributed by atoms with Crippen molar-refractivity contribution >= 4 is 27.7 Å². The fraction of sp³-hybridized carbons (Fsp3) is 0.571. The fourth-order valence-corrected chi connectivity index (χ4v) is 3.10. The number of nitrogen functional groups attached to an aromatic ring is 1. The molecule has 116 valence electrons. The van der Waals surface area contributed by atoms with Crippen molar-refractivity contribution in [3.8, 4) is 0 Å². The third kappa shape index (κ3) is 3.20. The molecule has 1 aliphatic rings. The summed E-state index contributed by atoms with van der Waals surface area (Å²) in [6.45, 7) is 0.704. The van der Waals surface area contributed by atoms with E-state index in [9.17, 15) is 4.79 Å². The number of carbonyl (C=O) groups excluding carboxylic acids is 1. The van der Waals surface area contributed by atoms with Crippen molar-refractivity contribution in [2.75, 3.05) is 33.1 Å². The Kier molecular flexibility index (Phi) is 4.85. The number of hydrogen-bond donors (Lipinski definition) is 2. The Bertz CT molecular complexity index is 530. The normalized spacial score (nSPS) is 16.5. The molecule has 2 rings (SSSR count). The number of carbonyl (C=O) groups is 1. The van der Waals surface area contributed by atoms with Gasteiger partial charge in [-0.2, -0.15) is 0 Å². The van der Waals surface area contributed by atoms with Crippen LogP contribution in [0, 0.1) is 0 Å². The Morgan fingerprint density at radius 1 is 1.48 bits per heavy atom. The number of rotatable bonds is 5. The molecule has 0 aromatic carbocycles. The molecule has 0 bridgehead atoms. The Morgan fingerprint density at radius 3 is 2.62 bits per heavy atom. The maximum Gasteiger partial charge on any atom is 0.257 e. The monoisotopic (exact) mass is 355 g/mol. The number of pyridine rings is 1. The second kappa shape index (κ2) is 6.29. The third-order valence-electron chi connectivity index (χ3n) is 4.33. The molecule has 0 unspecified atom stereocenters. The van der Waals surface area contributed by atoms with Crippen molar-refractivity contribution in [2.45, 2.75) is 24.8 Å². The quantitative estimate of drug-likeness (QED) is 0.620. The molecule has 1 aromatic heterocycles. The van der Waals surface area contributed by atoms with Gasteiger partial charge in [0, 0.05) is 29.8 Å². The number of aromatic nitrogens is 1. The molecular formula is C14H22BrN5O. The predicted molar refractivity (Wildman–Crippen MR) is 87.0 cm³/mol. The molecule has 7 heteroatoms. The van der Waals surface area contributed by atoms with Crippen molar-refractivity contribution in [3.63, 3.8) is 0 Å². The lowest BCUT2D eigenvalue weighted by Gasteiger charge is -2.49. The molecule has 0 saturated heterocycles. The molecule has 1 aromatic rings. The van der Waals surface area contributed by atoms with Gasteiger partial charge in [0.15, 0.2) is 5.82 Å². The lowest BCUT2D eigenvalue weighted by molar-refractivity contribution is 0.0252. The van der Waals surface area contributed by atoms with E-state index in [1.165, 1.54) is 6.42 Å². The van der Waals surface area contributed by atoms with E-state index in [0.717, 1.165) is 17.3 Å². The summed E-state index contributed by atoms with van der Waals surface area (Å²) in [6.07, 6.45) is 5.07. The van der Waals surface area contributed by atoms with Crippen molar-refractivity contribution < 1.29 is 4.79 Å². The minimum Gasteiger partial charge on any atom is -0.340 e. The third-order valence-corrected chi connectivity index (χ3v) is 4.77. The van der Waals surface area contributed by atoms with Crippen molar-refractivity contribution in [1.82, 2.24) is 14.8 Å². The first-order valence-electron chi connectivity index (χ1n) is 6.95. The molecule has 21 heavy (non-hydrogen) atoms. The van der Waals surface area contributed by atoms with Gasteiger partial charge in [-0.1, -0.05) is 0 Å². The number of nitrogens with two attached hydrogens (primary N) is 1. The van der Waals surface area contributed by atoms with E-state index in [4.69, 9.17) is 5.84 Å². The number of nitrogens with one attached hydrogen (secondary N) is 1. The lowest BCUT2D eigenvalue weighted by atomic mass is 9.75. The smallest absolute Gasteiger partial charge is 0.257 e. The summed E-state index contributed by atoms with van der Waals surface area (Å²) in [4.78, 5) is 20.8. The van der Waals surface area contributed by atoms with Crippen LogP contribution in [0.5, 0.6) is 0 Å². The molecule has 0 spiro atoms. The molecule has 0 atom stereocenters. The van der Waals surface area contributed by atoms with E-state index in [2.05, 4.69) is 45.3 Å². The van der Waals surface area contributed by atoms with E-state index < -0.39 is 0 Å². The molecule has 1 aliphatic carbocycles. The number of nitrogens with zero attached hydrogens (tertiary/aromatic N) is 3. The van der Waals surface area contributed by atoms with Crippen LogP contribution in [0.2, 0.25) is 0 Å². The Hall–Kier alpha value is -1.18. The van der Waals surface area contributed by atoms with Crippen LogP contribution in [0.1, 0.15) is 29.6 Å². The molecule has 6 nitrogen and oxygen atoms in total. The van der Waals surface area contributed by atoms with Gasteiger partial charge in [0.2, 0.25) is 0 Å². The molecule has 1 saturated carbocycles. The van der Waals surface area contributed by atoms with Crippen LogP contribution >= 0.6 is 15.9 Å². The van der Waals surface area contributed by atoms with Crippen LogP contribution in [-0.4, -0.2) is 53.9 Å². The van der Waals surface area contributed by atoms with Crippen molar-refractivity contribution in [2.24, 2.45) is 5.84 Å². The van der Waals surface area contributed by atoms with Crippen LogP contribution in [0.3, 0.4) is 0 Å². The first-order chi connectivity index (χ1) is 9.89. The molecule has 3 N–H and O–H groups in total. The molecule has 0 aliphatic heterocycles. The first-order valence-corrected chi connectivity index (χ1v) is 7.74. The average molecular weight is 356 g/mol. The summed E-state index contributed by atoms with van der Waals surface area (Å²) < 4.78 is 0.754. The van der Waals surface area contributed by atoms with Gasteiger partial charge in [-0.25, -0.2) is 10.8 Å². The van der Waals surface area contributed by atoms with Crippen molar-refractivity contribution in [1.29, 1.82) is 0 Å². The van der Waals surface area contributed by atoms with E-state index >= 15 is 0 Å². The number of likely N-dealkylation sites (N-methyl/N-ethyl adjacent to an activating group) is 2. The Labute approximate surface area is 133 Å². The fourth-order valence-electron chi connectivity index (χ4n) is 2.77. The lowest BCUT2D eigenvalue weighted by Crippen LogP contribution is -2.57. The number of hydrazine groups is 1. The molecule has 1 heterocycles. The van der Waals surface area contributed by atoms with Gasteiger partial charge < -0.3 is 15.2 Å². The number of anilines is 1. The Morgan fingerprint density at radius 2 is 2.14 bits per heavy atom. The maximum absolute atomic E-state index is 12.7. The first kappa shape index (κ1) is 16.2. The largest absolute Gasteiger partial charge is 0.340 e. The molecular weight excluding hydrogens is 334 g/mol. The van der Waals surface area contributed by atoms with Crippen molar-refractivity contribution in [3.05, 3.63) is 22.3 Å². The van der Waals surface area contributed by atoms with Crippen LogP contribution < -0.4 is 11.3 Å². The highest BCUT2D eigenvalue weighted by atomic mass is 79.9. The minimum atomic E-state index is -0.0788. The van der Waals surface area contributed by atoms with Crippen LogP contribution in [0.4, 0.5) is 5.82 Å². The predicted octanol–water partition coefficient (Wildman–Crippen LogP) is 1.69. The second-order valence-electron chi connectivity index (χ2n) is 5.83. The average Bonchev–Trinajstić information content (AvgIpc) is 2.41. The maximum atomic E-state index is 12.7. The van der Waals surface area contributed by atoms with Gasteiger partial charge >= 0.3 is 0 Å². The highest BCUT2D eigenvalue weighted by molar-refractivity contribution is 9.10. The summed E-state index contributed by atoms with van der Waals surface area (Å²) in [5.41, 5.74) is 3.05. The minimum absolute atomic E-state index is 0.0788. The summed E-state index contributed by atoms with van der Waals surface area (Å²) in [5, 5.41) is 0. The molecule has 1 amide bonds. The van der Waals surface area contributed by atoms with E-state index in [1.54, 1.807) is 17.2 Å².